The average Bonchev–Trinajstić information content (AvgIpc) is 3.50. The Morgan fingerprint density at radius 2 is 1.62 bits per heavy atom. The van der Waals surface area contributed by atoms with Crippen LogP contribution in [0.2, 0.25) is 0 Å². The molecule has 4 aromatic rings. The summed E-state index contributed by atoms with van der Waals surface area (Å²) >= 11 is 0. The first-order valence-corrected chi connectivity index (χ1v) is 13.5. The maximum atomic E-state index is 13.5. The van der Waals surface area contributed by atoms with Gasteiger partial charge in [-0.05, 0) is 47.7 Å². The zero-order valence-corrected chi connectivity index (χ0v) is 22.0. The van der Waals surface area contributed by atoms with Crippen LogP contribution in [0.25, 0.3) is 5.82 Å². The molecule has 3 heterocycles. The van der Waals surface area contributed by atoms with E-state index in [4.69, 9.17) is 5.10 Å². The highest BCUT2D eigenvalue weighted by atomic mass is 16.2. The first-order chi connectivity index (χ1) is 19.5. The molecule has 40 heavy (non-hydrogen) atoms. The van der Waals surface area contributed by atoms with Crippen LogP contribution in [0.5, 0.6) is 0 Å². The molecule has 2 aromatic heterocycles. The number of carbonyl (C=O) groups excluding carboxylic acids is 3. The fourth-order valence-electron chi connectivity index (χ4n) is 5.00. The second-order valence-electron chi connectivity index (χ2n) is 10.4. The Bertz CT molecular complexity index is 1520. The fourth-order valence-corrected chi connectivity index (χ4v) is 5.00. The lowest BCUT2D eigenvalue weighted by molar-refractivity contribution is -0.139. The van der Waals surface area contributed by atoms with Gasteiger partial charge in [-0.15, -0.1) is 0 Å². The minimum absolute atomic E-state index is 0.0400. The minimum atomic E-state index is -1.02. The van der Waals surface area contributed by atoms with Gasteiger partial charge in [-0.1, -0.05) is 54.6 Å². The van der Waals surface area contributed by atoms with Crippen LogP contribution in [0.4, 0.5) is 0 Å². The van der Waals surface area contributed by atoms with E-state index in [-0.39, 0.29) is 18.0 Å². The molecule has 2 amide bonds. The van der Waals surface area contributed by atoms with E-state index in [9.17, 15) is 14.4 Å². The number of hydrogen-bond acceptors (Lipinski definition) is 6. The number of nitrogens with zero attached hydrogens (tertiary/aromatic N) is 4. The third-order valence-electron chi connectivity index (χ3n) is 7.23. The molecule has 0 radical (unpaired) electrons. The van der Waals surface area contributed by atoms with Crippen LogP contribution in [0.3, 0.4) is 0 Å². The van der Waals surface area contributed by atoms with Gasteiger partial charge in [0, 0.05) is 44.5 Å². The molecule has 1 atom stereocenters. The van der Waals surface area contributed by atoms with Gasteiger partial charge < -0.3 is 10.6 Å². The van der Waals surface area contributed by atoms with Crippen molar-refractivity contribution in [3.63, 3.8) is 0 Å². The molecule has 9 nitrogen and oxygen atoms in total. The lowest BCUT2D eigenvalue weighted by atomic mass is 10.0. The molecule has 202 valence electrons. The third kappa shape index (κ3) is 5.84. The highest BCUT2D eigenvalue weighted by Gasteiger charge is 2.32. The first-order valence-electron chi connectivity index (χ1n) is 13.5. The fraction of sp³-hybridized carbons (Fsp3) is 0.258. The van der Waals surface area contributed by atoms with Crippen LogP contribution >= 0.6 is 0 Å². The summed E-state index contributed by atoms with van der Waals surface area (Å²) in [6, 6.07) is 22.0. The zero-order valence-electron chi connectivity index (χ0n) is 22.0. The number of aromatic nitrogens is 3. The largest absolute Gasteiger partial charge is 0.347 e. The molecule has 1 fully saturated rings. The predicted molar refractivity (Wildman–Crippen MR) is 148 cm³/mol. The van der Waals surface area contributed by atoms with E-state index in [0.29, 0.717) is 12.4 Å². The monoisotopic (exact) mass is 534 g/mol. The van der Waals surface area contributed by atoms with Gasteiger partial charge in [0.25, 0.3) is 11.8 Å². The quantitative estimate of drug-likeness (QED) is 0.303. The number of amides is 2. The summed E-state index contributed by atoms with van der Waals surface area (Å²) < 4.78 is 1.58. The lowest BCUT2D eigenvalue weighted by Gasteiger charge is -2.18. The molecule has 1 aliphatic heterocycles. The van der Waals surface area contributed by atoms with Crippen molar-refractivity contribution in [2.45, 2.75) is 51.0 Å². The topological polar surface area (TPSA) is 109 Å². The smallest absolute Gasteiger partial charge is 0.289 e. The molecule has 1 unspecified atom stereocenters. The SMILES string of the molecule is O=C(NC1CC1)C(=O)C(Cc1ccccc1)NC(=O)c1cccnc1-n1ccc(CN2Cc3ccccc3C2)n1. The molecular formula is C31H30N6O3. The van der Waals surface area contributed by atoms with Gasteiger partial charge in [0.05, 0.1) is 11.3 Å². The molecule has 1 aliphatic carbocycles. The second-order valence-corrected chi connectivity index (χ2v) is 10.4. The second kappa shape index (κ2) is 11.2. The standard InChI is InChI=1S/C31H30N6O3/c38-28(31(40)33-24-12-13-24)27(17-21-7-2-1-3-8-21)34-30(39)26-11-6-15-32-29(26)37-16-14-25(35-37)20-36-18-22-9-4-5-10-23(22)19-36/h1-11,14-16,24,27H,12-13,17-20H2,(H,33,40)(H,34,39). The normalized spacial score (nSPS) is 15.3. The number of fused-ring (bicyclic) bond motifs is 1. The summed E-state index contributed by atoms with van der Waals surface area (Å²) in [6.07, 6.45) is 5.31. The summed E-state index contributed by atoms with van der Waals surface area (Å²) in [7, 11) is 0. The van der Waals surface area contributed by atoms with Gasteiger partial charge in [-0.25, -0.2) is 9.67 Å². The van der Waals surface area contributed by atoms with Crippen LogP contribution < -0.4 is 10.6 Å². The molecule has 0 bridgehead atoms. The molecule has 2 N–H and O–H groups in total. The van der Waals surface area contributed by atoms with Crippen molar-refractivity contribution in [3.05, 3.63) is 113 Å². The van der Waals surface area contributed by atoms with Crippen molar-refractivity contribution in [1.29, 1.82) is 0 Å². The summed E-state index contributed by atoms with van der Waals surface area (Å²) in [4.78, 5) is 46.0. The van der Waals surface area contributed by atoms with Gasteiger partial charge in [-0.2, -0.15) is 5.10 Å². The number of ketones is 1. The molecule has 6 rings (SSSR count). The molecule has 0 saturated heterocycles. The maximum Gasteiger partial charge on any atom is 0.289 e. The van der Waals surface area contributed by atoms with E-state index in [1.54, 1.807) is 29.2 Å². The van der Waals surface area contributed by atoms with Gasteiger partial charge >= 0.3 is 0 Å². The van der Waals surface area contributed by atoms with E-state index >= 15 is 0 Å². The number of carbonyl (C=O) groups is 3. The molecule has 0 spiro atoms. The Morgan fingerprint density at radius 1 is 0.900 bits per heavy atom. The van der Waals surface area contributed by atoms with Gasteiger partial charge in [0.15, 0.2) is 5.82 Å². The number of rotatable bonds is 10. The van der Waals surface area contributed by atoms with Gasteiger partial charge in [0.1, 0.15) is 6.04 Å². The van der Waals surface area contributed by atoms with Crippen LogP contribution in [-0.2, 0) is 35.6 Å². The van der Waals surface area contributed by atoms with Gasteiger partial charge in [0.2, 0.25) is 5.78 Å². The van der Waals surface area contributed by atoms with Crippen LogP contribution in [0.1, 0.15) is 45.6 Å². The Morgan fingerprint density at radius 3 is 2.35 bits per heavy atom. The number of pyridine rings is 1. The highest BCUT2D eigenvalue weighted by Crippen LogP contribution is 2.24. The Kier molecular flexibility index (Phi) is 7.20. The first kappa shape index (κ1) is 25.6. The average molecular weight is 535 g/mol. The van der Waals surface area contributed by atoms with Crippen molar-refractivity contribution in [3.8, 4) is 5.82 Å². The van der Waals surface area contributed by atoms with E-state index in [0.717, 1.165) is 37.2 Å². The molecule has 2 aromatic carbocycles. The summed E-state index contributed by atoms with van der Waals surface area (Å²) in [5, 5.41) is 10.2. The van der Waals surface area contributed by atoms with E-state index in [1.807, 2.05) is 36.4 Å². The number of nitrogens with one attached hydrogen (secondary N) is 2. The molecule has 1 saturated carbocycles. The van der Waals surface area contributed by atoms with E-state index in [1.165, 1.54) is 11.1 Å². The summed E-state index contributed by atoms with van der Waals surface area (Å²) in [5.74, 6) is -1.48. The zero-order chi connectivity index (χ0) is 27.5. The third-order valence-corrected chi connectivity index (χ3v) is 7.23. The molecular weight excluding hydrogens is 504 g/mol. The van der Waals surface area contributed by atoms with Crippen molar-refractivity contribution in [2.75, 3.05) is 0 Å². The molecule has 2 aliphatic rings. The van der Waals surface area contributed by atoms with Crippen LogP contribution in [0.15, 0.2) is 85.2 Å². The predicted octanol–water partition coefficient (Wildman–Crippen LogP) is 2.97. The molecule has 9 heteroatoms. The van der Waals surface area contributed by atoms with Crippen molar-refractivity contribution >= 4 is 17.6 Å². The Labute approximate surface area is 232 Å². The number of benzene rings is 2. The van der Waals surface area contributed by atoms with Crippen LogP contribution in [0, 0.1) is 0 Å². The lowest BCUT2D eigenvalue weighted by Crippen LogP contribution is -2.49. The summed E-state index contributed by atoms with van der Waals surface area (Å²) in [6.45, 7) is 2.40. The van der Waals surface area contributed by atoms with Crippen LogP contribution in [-0.4, -0.2) is 49.3 Å². The Balaban J connectivity index is 1.19. The van der Waals surface area contributed by atoms with E-state index < -0.39 is 23.6 Å². The van der Waals surface area contributed by atoms with Crippen molar-refractivity contribution < 1.29 is 14.4 Å². The van der Waals surface area contributed by atoms with Gasteiger partial charge in [-0.3, -0.25) is 19.3 Å². The highest BCUT2D eigenvalue weighted by molar-refractivity contribution is 6.38. The number of hydrogen-bond donors (Lipinski definition) is 2. The Hall–Kier alpha value is -4.63. The van der Waals surface area contributed by atoms with Crippen molar-refractivity contribution in [2.24, 2.45) is 0 Å². The van der Waals surface area contributed by atoms with Crippen molar-refractivity contribution in [1.82, 2.24) is 30.3 Å². The van der Waals surface area contributed by atoms with E-state index in [2.05, 4.69) is 44.8 Å². The summed E-state index contributed by atoms with van der Waals surface area (Å²) in [5.41, 5.74) is 4.62. The minimum Gasteiger partial charge on any atom is -0.347 e. The number of Topliss-reactive ketones (excluding diaryl/α,β-unsaturated/α-hetero) is 1. The maximum absolute atomic E-state index is 13.5.